The molecule has 0 aliphatic heterocycles. The third-order valence-corrected chi connectivity index (χ3v) is 3.18. The Morgan fingerprint density at radius 3 is 2.67 bits per heavy atom. The van der Waals surface area contributed by atoms with Crippen molar-refractivity contribution >= 4 is 44.3 Å². The molecule has 0 atom stereocenters. The van der Waals surface area contributed by atoms with Crippen molar-refractivity contribution in [3.8, 4) is 0 Å². The van der Waals surface area contributed by atoms with Crippen LogP contribution in [0, 0.1) is 3.57 Å². The zero-order chi connectivity index (χ0) is 11.4. The summed E-state index contributed by atoms with van der Waals surface area (Å²) in [5.74, 6) is -0.0990. The van der Waals surface area contributed by atoms with Crippen molar-refractivity contribution in [3.63, 3.8) is 0 Å². The summed E-state index contributed by atoms with van der Waals surface area (Å²) in [6, 6.07) is 4.73. The van der Waals surface area contributed by atoms with Crippen LogP contribution in [0.15, 0.2) is 18.2 Å². The largest absolute Gasteiger partial charge is 0.298 e. The Bertz CT molecular complexity index is 368. The Balaban J connectivity index is 3.00. The number of halogens is 4. The van der Waals surface area contributed by atoms with Gasteiger partial charge >= 0.3 is 0 Å². The second kappa shape index (κ2) is 5.89. The summed E-state index contributed by atoms with van der Waals surface area (Å²) >= 11 is 4.98. The number of alkyl halides is 3. The van der Waals surface area contributed by atoms with Gasteiger partial charge in [0.25, 0.3) is 6.43 Å². The van der Waals surface area contributed by atoms with E-state index in [2.05, 4.69) is 15.9 Å². The molecule has 0 fully saturated rings. The molecule has 0 amide bonds. The van der Waals surface area contributed by atoms with E-state index in [1.54, 1.807) is 12.1 Å². The fourth-order valence-corrected chi connectivity index (χ4v) is 1.90. The molecule has 1 aromatic carbocycles. The fraction of sp³-hybridized carbons (Fsp3) is 0.300. The molecule has 0 saturated heterocycles. The van der Waals surface area contributed by atoms with Gasteiger partial charge in [0.2, 0.25) is 0 Å². The summed E-state index contributed by atoms with van der Waals surface area (Å²) < 4.78 is 26.0. The molecule has 0 aliphatic carbocycles. The van der Waals surface area contributed by atoms with Crippen molar-refractivity contribution in [1.82, 2.24) is 0 Å². The summed E-state index contributed by atoms with van der Waals surface area (Å²) in [6.07, 6.45) is -2.47. The Kier molecular flexibility index (Phi) is 5.11. The maximum absolute atomic E-state index is 12.6. The normalized spacial score (nSPS) is 10.7. The topological polar surface area (TPSA) is 17.1 Å². The van der Waals surface area contributed by atoms with Gasteiger partial charge in [0.15, 0.2) is 0 Å². The standard InChI is InChI=1S/C10H8BrF2IO/c11-5-8(15)3-6-1-2-7(14)4-9(6)10(12)13/h1-2,4,10H,3,5H2. The number of benzene rings is 1. The van der Waals surface area contributed by atoms with E-state index in [0.29, 0.717) is 5.56 Å². The van der Waals surface area contributed by atoms with Crippen LogP contribution in [0.2, 0.25) is 0 Å². The van der Waals surface area contributed by atoms with Crippen molar-refractivity contribution < 1.29 is 13.6 Å². The molecule has 0 aromatic heterocycles. The number of hydrogen-bond donors (Lipinski definition) is 0. The first-order valence-corrected chi connectivity index (χ1v) is 6.38. The van der Waals surface area contributed by atoms with Gasteiger partial charge in [-0.1, -0.05) is 22.0 Å². The van der Waals surface area contributed by atoms with Gasteiger partial charge in [-0.3, -0.25) is 4.79 Å². The molecule has 0 heterocycles. The number of Topliss-reactive ketones (excluding diaryl/α,β-unsaturated/α-hetero) is 1. The van der Waals surface area contributed by atoms with E-state index in [9.17, 15) is 13.6 Å². The first-order chi connectivity index (χ1) is 7.04. The van der Waals surface area contributed by atoms with E-state index in [4.69, 9.17) is 0 Å². The summed E-state index contributed by atoms with van der Waals surface area (Å²) in [4.78, 5) is 11.1. The lowest BCUT2D eigenvalue weighted by Gasteiger charge is -2.08. The highest BCUT2D eigenvalue weighted by Gasteiger charge is 2.15. The predicted octanol–water partition coefficient (Wildman–Crippen LogP) is 3.74. The van der Waals surface area contributed by atoms with Crippen LogP contribution in [0.4, 0.5) is 8.78 Å². The molecule has 0 bridgehead atoms. The molecule has 0 aliphatic rings. The van der Waals surface area contributed by atoms with E-state index >= 15 is 0 Å². The fourth-order valence-electron chi connectivity index (χ4n) is 1.19. The number of carbonyl (C=O) groups is 1. The molecule has 1 aromatic rings. The highest BCUT2D eigenvalue weighted by atomic mass is 127. The van der Waals surface area contributed by atoms with Gasteiger partial charge in [-0.2, -0.15) is 0 Å². The van der Waals surface area contributed by atoms with Gasteiger partial charge in [0.05, 0.1) is 5.33 Å². The molecule has 0 saturated carbocycles. The van der Waals surface area contributed by atoms with E-state index in [-0.39, 0.29) is 23.1 Å². The minimum atomic E-state index is -2.53. The molecule has 0 radical (unpaired) electrons. The maximum atomic E-state index is 12.6. The zero-order valence-electron chi connectivity index (χ0n) is 7.64. The Hall–Kier alpha value is -0.0400. The molecule has 82 valence electrons. The van der Waals surface area contributed by atoms with Crippen molar-refractivity contribution in [1.29, 1.82) is 0 Å². The number of rotatable bonds is 4. The smallest absolute Gasteiger partial charge is 0.264 e. The molecule has 1 rings (SSSR count). The van der Waals surface area contributed by atoms with Crippen LogP contribution in [0.1, 0.15) is 17.6 Å². The van der Waals surface area contributed by atoms with Crippen molar-refractivity contribution in [2.75, 3.05) is 5.33 Å². The molecular weight excluding hydrogens is 381 g/mol. The molecule has 0 spiro atoms. The maximum Gasteiger partial charge on any atom is 0.264 e. The first kappa shape index (κ1) is 13.0. The van der Waals surface area contributed by atoms with Gasteiger partial charge < -0.3 is 0 Å². The SMILES string of the molecule is O=C(CBr)Cc1ccc(I)cc1C(F)F. The van der Waals surface area contributed by atoms with Crippen molar-refractivity contribution in [2.24, 2.45) is 0 Å². The van der Waals surface area contributed by atoms with E-state index < -0.39 is 6.43 Å². The molecule has 1 nitrogen and oxygen atoms in total. The summed E-state index contributed by atoms with van der Waals surface area (Å²) in [7, 11) is 0. The monoisotopic (exact) mass is 388 g/mol. The van der Waals surface area contributed by atoms with Crippen LogP contribution in [0.3, 0.4) is 0 Å². The van der Waals surface area contributed by atoms with Crippen LogP contribution in [-0.4, -0.2) is 11.1 Å². The molecule has 0 N–H and O–H groups in total. The average Bonchev–Trinajstić information content (AvgIpc) is 2.20. The van der Waals surface area contributed by atoms with Crippen molar-refractivity contribution in [3.05, 3.63) is 32.9 Å². The van der Waals surface area contributed by atoms with Crippen LogP contribution in [-0.2, 0) is 11.2 Å². The quantitative estimate of drug-likeness (QED) is 0.567. The van der Waals surface area contributed by atoms with Crippen LogP contribution >= 0.6 is 38.5 Å². The highest BCUT2D eigenvalue weighted by molar-refractivity contribution is 14.1. The zero-order valence-corrected chi connectivity index (χ0v) is 11.4. The van der Waals surface area contributed by atoms with Gasteiger partial charge in [-0.15, -0.1) is 0 Å². The summed E-state index contributed by atoms with van der Waals surface area (Å²) in [5, 5.41) is 0.196. The van der Waals surface area contributed by atoms with Crippen molar-refractivity contribution in [2.45, 2.75) is 12.8 Å². The molecular formula is C10H8BrF2IO. The van der Waals surface area contributed by atoms with Gasteiger partial charge in [0, 0.05) is 15.6 Å². The second-order valence-corrected chi connectivity index (χ2v) is 4.80. The minimum Gasteiger partial charge on any atom is -0.298 e. The third-order valence-electron chi connectivity index (χ3n) is 1.88. The summed E-state index contributed by atoms with van der Waals surface area (Å²) in [5.41, 5.74) is 0.367. The van der Waals surface area contributed by atoms with Crippen LogP contribution in [0.5, 0.6) is 0 Å². The number of hydrogen-bond acceptors (Lipinski definition) is 1. The third kappa shape index (κ3) is 3.79. The lowest BCUT2D eigenvalue weighted by atomic mass is 10.0. The van der Waals surface area contributed by atoms with Crippen LogP contribution < -0.4 is 0 Å². The van der Waals surface area contributed by atoms with Crippen LogP contribution in [0.25, 0.3) is 0 Å². The van der Waals surface area contributed by atoms with Gasteiger partial charge in [-0.25, -0.2) is 8.78 Å². The van der Waals surface area contributed by atoms with Gasteiger partial charge in [0.1, 0.15) is 5.78 Å². The summed E-state index contributed by atoms with van der Waals surface area (Å²) in [6.45, 7) is 0. The minimum absolute atomic E-state index is 0.0452. The average molecular weight is 389 g/mol. The number of carbonyl (C=O) groups excluding carboxylic acids is 1. The Labute approximate surface area is 109 Å². The predicted molar refractivity (Wildman–Crippen MR) is 66.6 cm³/mol. The molecule has 5 heteroatoms. The van der Waals surface area contributed by atoms with E-state index in [1.807, 2.05) is 22.6 Å². The molecule has 15 heavy (non-hydrogen) atoms. The van der Waals surface area contributed by atoms with E-state index in [0.717, 1.165) is 3.57 Å². The Morgan fingerprint density at radius 1 is 1.47 bits per heavy atom. The lowest BCUT2D eigenvalue weighted by Crippen LogP contribution is -2.06. The Morgan fingerprint density at radius 2 is 2.13 bits per heavy atom. The second-order valence-electron chi connectivity index (χ2n) is 2.99. The number of ketones is 1. The van der Waals surface area contributed by atoms with E-state index in [1.165, 1.54) is 6.07 Å². The van der Waals surface area contributed by atoms with Gasteiger partial charge in [-0.05, 0) is 40.3 Å². The molecule has 0 unspecified atom stereocenters. The highest BCUT2D eigenvalue weighted by Crippen LogP contribution is 2.25. The lowest BCUT2D eigenvalue weighted by molar-refractivity contribution is -0.115. The first-order valence-electron chi connectivity index (χ1n) is 4.18.